The first-order valence-electron chi connectivity index (χ1n) is 4.21. The third kappa shape index (κ3) is 6.01. The number of nitrogens with zero attached hydrogens (tertiary/aromatic N) is 2. The molecule has 0 spiro atoms. The average molecular weight is 234 g/mol. The van der Waals surface area contributed by atoms with E-state index in [1.165, 1.54) is 14.1 Å². The van der Waals surface area contributed by atoms with Crippen LogP contribution in [0.15, 0.2) is 0 Å². The molecule has 0 aliphatic carbocycles. The summed E-state index contributed by atoms with van der Waals surface area (Å²) in [4.78, 5) is 10.8. The fraction of sp³-hybridized carbons (Fsp3) is 0.714. The first kappa shape index (κ1) is 13.8. The van der Waals surface area contributed by atoms with E-state index in [1.54, 1.807) is 6.07 Å². The normalized spacial score (nSPS) is 11.1. The second-order valence-electron chi connectivity index (χ2n) is 2.87. The van der Waals surface area contributed by atoms with Crippen molar-refractivity contribution in [2.45, 2.75) is 6.42 Å². The fourth-order valence-electron chi connectivity index (χ4n) is 0.645. The number of carbonyl (C=O) groups is 1. The van der Waals surface area contributed by atoms with Crippen LogP contribution in [0.25, 0.3) is 0 Å². The van der Waals surface area contributed by atoms with Crippen molar-refractivity contribution in [3.8, 4) is 6.07 Å². The summed E-state index contributed by atoms with van der Waals surface area (Å²) < 4.78 is 25.6. The third-order valence-corrected chi connectivity index (χ3v) is 2.98. The summed E-state index contributed by atoms with van der Waals surface area (Å²) in [5, 5.41) is 10.6. The molecule has 8 heteroatoms. The largest absolute Gasteiger partial charge is 0.354 e. The Morgan fingerprint density at radius 2 is 2.00 bits per heavy atom. The predicted octanol–water partition coefficient (Wildman–Crippen LogP) is -1.59. The standard InChI is InChI=1S/C7H14N4O3S/c1-11(2)15(13,14)10-6-5-9-7(12)3-4-8/h10H,3,5-6H2,1-2H3,(H,9,12). The third-order valence-electron chi connectivity index (χ3n) is 1.45. The maximum Gasteiger partial charge on any atom is 0.278 e. The van der Waals surface area contributed by atoms with Crippen LogP contribution in [0.2, 0.25) is 0 Å². The van der Waals surface area contributed by atoms with E-state index in [0.29, 0.717) is 0 Å². The van der Waals surface area contributed by atoms with Crippen molar-refractivity contribution in [1.82, 2.24) is 14.3 Å². The molecular weight excluding hydrogens is 220 g/mol. The van der Waals surface area contributed by atoms with Gasteiger partial charge in [-0.2, -0.15) is 18.0 Å². The molecular formula is C7H14N4O3S. The van der Waals surface area contributed by atoms with Gasteiger partial charge in [0.05, 0.1) is 6.07 Å². The number of rotatable bonds is 6. The Bertz CT molecular complexity index is 344. The molecule has 0 aromatic heterocycles. The van der Waals surface area contributed by atoms with Gasteiger partial charge in [0.15, 0.2) is 0 Å². The minimum absolute atomic E-state index is 0.0949. The highest BCUT2D eigenvalue weighted by Crippen LogP contribution is 1.85. The number of carbonyl (C=O) groups excluding carboxylic acids is 1. The Balaban J connectivity index is 3.74. The molecule has 0 aromatic carbocycles. The second-order valence-corrected chi connectivity index (χ2v) is 4.84. The minimum Gasteiger partial charge on any atom is -0.354 e. The van der Waals surface area contributed by atoms with E-state index in [2.05, 4.69) is 10.0 Å². The summed E-state index contributed by atoms with van der Waals surface area (Å²) in [6, 6.07) is 1.68. The second kappa shape index (κ2) is 6.34. The molecule has 0 fully saturated rings. The molecule has 0 bridgehead atoms. The van der Waals surface area contributed by atoms with Gasteiger partial charge in [0.2, 0.25) is 5.91 Å². The van der Waals surface area contributed by atoms with Gasteiger partial charge in [-0.3, -0.25) is 4.79 Å². The Kier molecular flexibility index (Phi) is 5.84. The van der Waals surface area contributed by atoms with Gasteiger partial charge in [0.1, 0.15) is 6.42 Å². The van der Waals surface area contributed by atoms with Crippen molar-refractivity contribution in [3.05, 3.63) is 0 Å². The van der Waals surface area contributed by atoms with Crippen LogP contribution in [-0.2, 0) is 15.0 Å². The summed E-state index contributed by atoms with van der Waals surface area (Å²) in [5.74, 6) is -0.415. The fourth-order valence-corrected chi connectivity index (χ4v) is 1.26. The first-order valence-corrected chi connectivity index (χ1v) is 5.65. The van der Waals surface area contributed by atoms with E-state index in [-0.39, 0.29) is 19.5 Å². The van der Waals surface area contributed by atoms with Gasteiger partial charge < -0.3 is 5.32 Å². The molecule has 0 radical (unpaired) electrons. The maximum absolute atomic E-state index is 11.2. The van der Waals surface area contributed by atoms with Crippen LogP contribution in [0, 0.1) is 11.3 Å². The van der Waals surface area contributed by atoms with Gasteiger partial charge in [-0.1, -0.05) is 0 Å². The van der Waals surface area contributed by atoms with Crippen LogP contribution in [0.5, 0.6) is 0 Å². The van der Waals surface area contributed by atoms with E-state index in [4.69, 9.17) is 5.26 Å². The van der Waals surface area contributed by atoms with Crippen molar-refractivity contribution in [2.24, 2.45) is 0 Å². The number of nitrogens with one attached hydrogen (secondary N) is 2. The number of hydrogen-bond donors (Lipinski definition) is 2. The lowest BCUT2D eigenvalue weighted by atomic mass is 10.4. The van der Waals surface area contributed by atoms with E-state index < -0.39 is 16.1 Å². The Morgan fingerprint density at radius 1 is 1.40 bits per heavy atom. The van der Waals surface area contributed by atoms with Gasteiger partial charge in [0.25, 0.3) is 10.2 Å². The van der Waals surface area contributed by atoms with E-state index in [1.807, 2.05) is 0 Å². The van der Waals surface area contributed by atoms with Crippen LogP contribution in [0.3, 0.4) is 0 Å². The highest BCUT2D eigenvalue weighted by atomic mass is 32.2. The molecule has 0 aliphatic rings. The number of hydrogen-bond acceptors (Lipinski definition) is 4. The Labute approximate surface area is 89.2 Å². The average Bonchev–Trinajstić information content (AvgIpc) is 2.13. The molecule has 0 saturated carbocycles. The molecule has 86 valence electrons. The monoisotopic (exact) mass is 234 g/mol. The maximum atomic E-state index is 11.2. The molecule has 7 nitrogen and oxygen atoms in total. The molecule has 1 amide bonds. The van der Waals surface area contributed by atoms with Gasteiger partial charge in [-0.15, -0.1) is 0 Å². The van der Waals surface area contributed by atoms with Crippen LogP contribution >= 0.6 is 0 Å². The lowest BCUT2D eigenvalue weighted by Gasteiger charge is -2.12. The van der Waals surface area contributed by atoms with E-state index in [0.717, 1.165) is 4.31 Å². The van der Waals surface area contributed by atoms with Crippen LogP contribution in [0.4, 0.5) is 0 Å². The number of amides is 1. The molecule has 0 rings (SSSR count). The summed E-state index contributed by atoms with van der Waals surface area (Å²) in [7, 11) is -0.643. The topological polar surface area (TPSA) is 102 Å². The summed E-state index contributed by atoms with van der Waals surface area (Å²) in [6.45, 7) is 0.255. The molecule has 15 heavy (non-hydrogen) atoms. The summed E-state index contributed by atoms with van der Waals surface area (Å²) >= 11 is 0. The molecule has 0 heterocycles. The molecule has 2 N–H and O–H groups in total. The number of nitriles is 1. The SMILES string of the molecule is CN(C)S(=O)(=O)NCCNC(=O)CC#N. The van der Waals surface area contributed by atoms with Crippen molar-refractivity contribution in [1.29, 1.82) is 5.26 Å². The predicted molar refractivity (Wildman–Crippen MR) is 53.8 cm³/mol. The highest BCUT2D eigenvalue weighted by molar-refractivity contribution is 7.87. The lowest BCUT2D eigenvalue weighted by molar-refractivity contribution is -0.120. The molecule has 0 aliphatic heterocycles. The van der Waals surface area contributed by atoms with Crippen LogP contribution < -0.4 is 10.0 Å². The van der Waals surface area contributed by atoms with Crippen molar-refractivity contribution < 1.29 is 13.2 Å². The Morgan fingerprint density at radius 3 is 2.47 bits per heavy atom. The highest BCUT2D eigenvalue weighted by Gasteiger charge is 2.11. The van der Waals surface area contributed by atoms with E-state index >= 15 is 0 Å². The van der Waals surface area contributed by atoms with Crippen molar-refractivity contribution in [3.63, 3.8) is 0 Å². The first-order chi connectivity index (χ1) is 6.90. The van der Waals surface area contributed by atoms with E-state index in [9.17, 15) is 13.2 Å². The van der Waals surface area contributed by atoms with Gasteiger partial charge >= 0.3 is 0 Å². The zero-order valence-electron chi connectivity index (χ0n) is 8.65. The molecule has 0 aromatic rings. The smallest absolute Gasteiger partial charge is 0.278 e. The van der Waals surface area contributed by atoms with Gasteiger partial charge in [-0.25, -0.2) is 4.72 Å². The molecule has 0 saturated heterocycles. The zero-order valence-corrected chi connectivity index (χ0v) is 9.47. The van der Waals surface area contributed by atoms with Crippen LogP contribution in [0.1, 0.15) is 6.42 Å². The quantitative estimate of drug-likeness (QED) is 0.541. The molecule has 0 atom stereocenters. The van der Waals surface area contributed by atoms with Gasteiger partial charge in [0, 0.05) is 27.2 Å². The summed E-state index contributed by atoms with van der Waals surface area (Å²) in [5.41, 5.74) is 0. The minimum atomic E-state index is -3.44. The summed E-state index contributed by atoms with van der Waals surface area (Å²) in [6.07, 6.45) is -0.222. The van der Waals surface area contributed by atoms with Crippen molar-refractivity contribution >= 4 is 16.1 Å². The Hall–Kier alpha value is -1.17. The van der Waals surface area contributed by atoms with Gasteiger partial charge in [-0.05, 0) is 0 Å². The van der Waals surface area contributed by atoms with Crippen molar-refractivity contribution in [2.75, 3.05) is 27.2 Å². The molecule has 0 unspecified atom stereocenters. The van der Waals surface area contributed by atoms with Crippen LogP contribution in [-0.4, -0.2) is 45.8 Å². The lowest BCUT2D eigenvalue weighted by Crippen LogP contribution is -2.40. The zero-order chi connectivity index (χ0) is 11.9.